The standard InChI is InChI=1S/C18H20ClN3O3S/c1-11-2-3-12(17(20)23)8-22(11)18(24)15-10-26-16(21-15)9-25-14-6-4-13(19)5-7-14/h4-7,10-12H,2-3,8-9H2,1H3,(H2,20,23)/t11-,12+/m0/s1. The molecule has 0 radical (unpaired) electrons. The number of primary amides is 1. The highest BCUT2D eigenvalue weighted by Crippen LogP contribution is 2.24. The number of piperidine rings is 1. The van der Waals surface area contributed by atoms with Gasteiger partial charge in [0, 0.05) is 23.0 Å². The number of thiazole rings is 1. The monoisotopic (exact) mass is 393 g/mol. The van der Waals surface area contributed by atoms with Crippen molar-refractivity contribution in [2.45, 2.75) is 32.4 Å². The first-order chi connectivity index (χ1) is 12.4. The fourth-order valence-electron chi connectivity index (χ4n) is 2.92. The number of carbonyl (C=O) groups excluding carboxylic acids is 2. The number of likely N-dealkylation sites (tertiary alicyclic amines) is 1. The minimum absolute atomic E-state index is 0.0635. The molecule has 0 bridgehead atoms. The minimum atomic E-state index is -0.356. The lowest BCUT2D eigenvalue weighted by Gasteiger charge is -2.36. The predicted molar refractivity (Wildman–Crippen MR) is 100 cm³/mol. The molecule has 1 saturated heterocycles. The average molecular weight is 394 g/mol. The molecule has 1 aliphatic heterocycles. The van der Waals surface area contributed by atoms with E-state index < -0.39 is 0 Å². The molecule has 1 fully saturated rings. The maximum Gasteiger partial charge on any atom is 0.273 e. The van der Waals surface area contributed by atoms with E-state index in [2.05, 4.69) is 4.98 Å². The molecule has 2 heterocycles. The fourth-order valence-corrected chi connectivity index (χ4v) is 3.73. The number of carbonyl (C=O) groups is 2. The molecule has 2 N–H and O–H groups in total. The molecule has 0 spiro atoms. The van der Waals surface area contributed by atoms with E-state index in [-0.39, 0.29) is 30.4 Å². The van der Waals surface area contributed by atoms with Gasteiger partial charge >= 0.3 is 0 Å². The molecule has 6 nitrogen and oxygen atoms in total. The van der Waals surface area contributed by atoms with Crippen LogP contribution in [-0.4, -0.2) is 34.3 Å². The van der Waals surface area contributed by atoms with Gasteiger partial charge in [-0.2, -0.15) is 0 Å². The van der Waals surface area contributed by atoms with Crippen LogP contribution in [0.15, 0.2) is 29.6 Å². The van der Waals surface area contributed by atoms with E-state index in [9.17, 15) is 9.59 Å². The largest absolute Gasteiger partial charge is 0.486 e. The first-order valence-corrected chi connectivity index (χ1v) is 9.63. The first-order valence-electron chi connectivity index (χ1n) is 8.37. The van der Waals surface area contributed by atoms with Crippen molar-refractivity contribution in [1.82, 2.24) is 9.88 Å². The van der Waals surface area contributed by atoms with Gasteiger partial charge in [-0.3, -0.25) is 9.59 Å². The van der Waals surface area contributed by atoms with Crippen LogP contribution < -0.4 is 10.5 Å². The third-order valence-electron chi connectivity index (χ3n) is 4.49. The van der Waals surface area contributed by atoms with Crippen molar-refractivity contribution >= 4 is 34.8 Å². The van der Waals surface area contributed by atoms with Gasteiger partial charge in [0.2, 0.25) is 5.91 Å². The van der Waals surface area contributed by atoms with E-state index in [1.54, 1.807) is 34.5 Å². The van der Waals surface area contributed by atoms with E-state index in [0.29, 0.717) is 28.0 Å². The molecule has 2 amide bonds. The number of nitrogens with zero attached hydrogens (tertiary/aromatic N) is 2. The van der Waals surface area contributed by atoms with Gasteiger partial charge in [-0.1, -0.05) is 11.6 Å². The van der Waals surface area contributed by atoms with Gasteiger partial charge in [-0.05, 0) is 44.0 Å². The number of hydrogen-bond donors (Lipinski definition) is 1. The Morgan fingerprint density at radius 2 is 2.08 bits per heavy atom. The van der Waals surface area contributed by atoms with Gasteiger partial charge in [-0.15, -0.1) is 11.3 Å². The summed E-state index contributed by atoms with van der Waals surface area (Å²) >= 11 is 7.22. The molecule has 3 rings (SSSR count). The van der Waals surface area contributed by atoms with Crippen molar-refractivity contribution < 1.29 is 14.3 Å². The molecule has 138 valence electrons. The maximum absolute atomic E-state index is 12.8. The van der Waals surface area contributed by atoms with Crippen molar-refractivity contribution in [3.63, 3.8) is 0 Å². The molecule has 8 heteroatoms. The zero-order valence-electron chi connectivity index (χ0n) is 14.4. The van der Waals surface area contributed by atoms with E-state index in [1.165, 1.54) is 11.3 Å². The summed E-state index contributed by atoms with van der Waals surface area (Å²) in [5.74, 6) is -0.129. The Hall–Kier alpha value is -2.12. The summed E-state index contributed by atoms with van der Waals surface area (Å²) in [4.78, 5) is 30.3. The van der Waals surface area contributed by atoms with Gasteiger partial charge in [0.05, 0.1) is 5.92 Å². The van der Waals surface area contributed by atoms with Gasteiger partial charge in [0.1, 0.15) is 23.1 Å². The highest BCUT2D eigenvalue weighted by molar-refractivity contribution is 7.09. The highest BCUT2D eigenvalue weighted by Gasteiger charge is 2.32. The molecule has 0 aliphatic carbocycles. The minimum Gasteiger partial charge on any atom is -0.486 e. The number of nitrogens with two attached hydrogens (primary N) is 1. The Bertz CT molecular complexity index is 793. The second-order valence-corrected chi connectivity index (χ2v) is 7.73. The van der Waals surface area contributed by atoms with Gasteiger partial charge in [0.25, 0.3) is 5.91 Å². The number of amides is 2. The lowest BCUT2D eigenvalue weighted by molar-refractivity contribution is -0.123. The number of rotatable bonds is 5. The Morgan fingerprint density at radius 1 is 1.35 bits per heavy atom. The van der Waals surface area contributed by atoms with Gasteiger partial charge in [-0.25, -0.2) is 4.98 Å². The van der Waals surface area contributed by atoms with Crippen LogP contribution in [0.25, 0.3) is 0 Å². The van der Waals surface area contributed by atoms with Crippen LogP contribution in [0, 0.1) is 5.92 Å². The van der Waals surface area contributed by atoms with E-state index in [0.717, 1.165) is 12.8 Å². The molecular formula is C18H20ClN3O3S. The van der Waals surface area contributed by atoms with Crippen molar-refractivity contribution in [3.8, 4) is 5.75 Å². The lowest BCUT2D eigenvalue weighted by Crippen LogP contribution is -2.48. The summed E-state index contributed by atoms with van der Waals surface area (Å²) in [7, 11) is 0. The van der Waals surface area contributed by atoms with Crippen LogP contribution in [0.2, 0.25) is 5.02 Å². The van der Waals surface area contributed by atoms with E-state index in [4.69, 9.17) is 22.1 Å². The number of ether oxygens (including phenoxy) is 1. The van der Waals surface area contributed by atoms with E-state index >= 15 is 0 Å². The summed E-state index contributed by atoms with van der Waals surface area (Å²) in [5, 5.41) is 3.08. The molecule has 1 aromatic heterocycles. The SMILES string of the molecule is C[C@H]1CC[C@@H](C(N)=O)CN1C(=O)c1csc(COc2ccc(Cl)cc2)n1. The molecule has 2 atom stereocenters. The van der Waals surface area contributed by atoms with Gasteiger partial charge in [0.15, 0.2) is 0 Å². The third-order valence-corrected chi connectivity index (χ3v) is 5.57. The molecular weight excluding hydrogens is 374 g/mol. The molecule has 0 saturated carbocycles. The maximum atomic E-state index is 12.8. The molecule has 26 heavy (non-hydrogen) atoms. The van der Waals surface area contributed by atoms with Crippen LogP contribution in [0.5, 0.6) is 5.75 Å². The Morgan fingerprint density at radius 3 is 2.77 bits per heavy atom. The normalized spacial score (nSPS) is 20.0. The molecule has 1 aromatic carbocycles. The van der Waals surface area contributed by atoms with Crippen LogP contribution in [0.4, 0.5) is 0 Å². The second-order valence-electron chi connectivity index (χ2n) is 6.35. The topological polar surface area (TPSA) is 85.5 Å². The fraction of sp³-hybridized carbons (Fsp3) is 0.389. The quantitative estimate of drug-likeness (QED) is 0.845. The van der Waals surface area contributed by atoms with Crippen molar-refractivity contribution in [3.05, 3.63) is 45.4 Å². The number of benzene rings is 1. The predicted octanol–water partition coefficient (Wildman–Crippen LogP) is 3.10. The second kappa shape index (κ2) is 8.05. The summed E-state index contributed by atoms with van der Waals surface area (Å²) in [5.41, 5.74) is 5.78. The van der Waals surface area contributed by atoms with Crippen LogP contribution in [-0.2, 0) is 11.4 Å². The molecule has 1 aliphatic rings. The Labute approximate surface area is 160 Å². The average Bonchev–Trinajstić information content (AvgIpc) is 3.10. The zero-order valence-corrected chi connectivity index (χ0v) is 15.9. The third kappa shape index (κ3) is 4.34. The van der Waals surface area contributed by atoms with Crippen molar-refractivity contribution in [2.75, 3.05) is 6.54 Å². The highest BCUT2D eigenvalue weighted by atomic mass is 35.5. The smallest absolute Gasteiger partial charge is 0.273 e. The van der Waals surface area contributed by atoms with Crippen molar-refractivity contribution in [1.29, 1.82) is 0 Å². The molecule has 0 unspecified atom stereocenters. The van der Waals surface area contributed by atoms with Gasteiger partial charge < -0.3 is 15.4 Å². The summed E-state index contributed by atoms with van der Waals surface area (Å²) < 4.78 is 5.66. The zero-order chi connectivity index (χ0) is 18.7. The first kappa shape index (κ1) is 18.7. The van der Waals surface area contributed by atoms with Crippen LogP contribution in [0.3, 0.4) is 0 Å². The number of hydrogen-bond acceptors (Lipinski definition) is 5. The van der Waals surface area contributed by atoms with Crippen molar-refractivity contribution in [2.24, 2.45) is 11.7 Å². The summed E-state index contributed by atoms with van der Waals surface area (Å²) in [6, 6.07) is 7.12. The summed E-state index contributed by atoms with van der Waals surface area (Å²) in [6.07, 6.45) is 1.48. The number of aromatic nitrogens is 1. The van der Waals surface area contributed by atoms with Crippen LogP contribution >= 0.6 is 22.9 Å². The van der Waals surface area contributed by atoms with Crippen LogP contribution in [0.1, 0.15) is 35.3 Å². The lowest BCUT2D eigenvalue weighted by atomic mass is 9.93. The summed E-state index contributed by atoms with van der Waals surface area (Å²) in [6.45, 7) is 2.61. The molecule has 2 aromatic rings. The Kier molecular flexibility index (Phi) is 5.78. The Balaban J connectivity index is 1.63. The van der Waals surface area contributed by atoms with E-state index in [1.807, 2.05) is 6.92 Å². The number of halogens is 1.